The van der Waals surface area contributed by atoms with E-state index in [1.807, 2.05) is 11.8 Å². The maximum atomic E-state index is 12.6. The molecule has 0 radical (unpaired) electrons. The van der Waals surface area contributed by atoms with Gasteiger partial charge in [-0.05, 0) is 24.7 Å². The van der Waals surface area contributed by atoms with Crippen molar-refractivity contribution in [3.8, 4) is 0 Å². The van der Waals surface area contributed by atoms with E-state index in [2.05, 4.69) is 19.2 Å². The van der Waals surface area contributed by atoms with Gasteiger partial charge < -0.3 is 10.2 Å². The summed E-state index contributed by atoms with van der Waals surface area (Å²) in [5.41, 5.74) is 0.166. The van der Waals surface area contributed by atoms with Crippen LogP contribution in [-0.4, -0.2) is 35.3 Å². The van der Waals surface area contributed by atoms with Crippen LogP contribution in [0.3, 0.4) is 0 Å². The lowest BCUT2D eigenvalue weighted by molar-refractivity contribution is -0.139. The molecule has 2 amide bonds. The Labute approximate surface area is 115 Å². The van der Waals surface area contributed by atoms with Crippen molar-refractivity contribution >= 4 is 11.8 Å². The molecule has 4 heteroatoms. The lowest BCUT2D eigenvalue weighted by atomic mass is 9.72. The Kier molecular flexibility index (Phi) is 4.16. The highest BCUT2D eigenvalue weighted by molar-refractivity contribution is 5.90. The van der Waals surface area contributed by atoms with Crippen molar-refractivity contribution in [3.05, 3.63) is 0 Å². The number of rotatable bonds is 2. The number of nitrogens with one attached hydrogen (secondary N) is 1. The number of carbonyl (C=O) groups excluding carboxylic acids is 2. The fraction of sp³-hybridized carbons (Fsp3) is 0.867. The van der Waals surface area contributed by atoms with Crippen LogP contribution in [0, 0.1) is 5.41 Å². The maximum Gasteiger partial charge on any atom is 0.245 e. The van der Waals surface area contributed by atoms with E-state index in [-0.39, 0.29) is 29.3 Å². The number of nitrogens with zero attached hydrogens (tertiary/aromatic N) is 1. The second-order valence-electron chi connectivity index (χ2n) is 6.56. The first-order valence-corrected chi connectivity index (χ1v) is 7.55. The van der Waals surface area contributed by atoms with Crippen molar-refractivity contribution in [2.75, 3.05) is 6.54 Å². The van der Waals surface area contributed by atoms with Crippen LogP contribution in [0.5, 0.6) is 0 Å². The predicted octanol–water partition coefficient (Wildman–Crippen LogP) is 2.08. The van der Waals surface area contributed by atoms with E-state index in [1.165, 1.54) is 19.3 Å². The summed E-state index contributed by atoms with van der Waals surface area (Å²) < 4.78 is 0. The minimum Gasteiger partial charge on any atom is -0.344 e. The summed E-state index contributed by atoms with van der Waals surface area (Å²) in [5.74, 6) is 0.129. The zero-order chi connectivity index (χ0) is 14.0. The van der Waals surface area contributed by atoms with Gasteiger partial charge in [-0.15, -0.1) is 0 Å². The molecule has 1 saturated carbocycles. The smallest absolute Gasteiger partial charge is 0.245 e. The summed E-state index contributed by atoms with van der Waals surface area (Å²) in [7, 11) is 0. The normalized spacial score (nSPS) is 31.8. The van der Waals surface area contributed by atoms with Crippen molar-refractivity contribution in [2.45, 2.75) is 71.4 Å². The van der Waals surface area contributed by atoms with Crippen molar-refractivity contribution in [1.29, 1.82) is 0 Å². The van der Waals surface area contributed by atoms with Gasteiger partial charge in [0.15, 0.2) is 0 Å². The molecule has 0 bridgehead atoms. The van der Waals surface area contributed by atoms with Crippen LogP contribution in [0.2, 0.25) is 0 Å². The van der Waals surface area contributed by atoms with Crippen LogP contribution in [0.25, 0.3) is 0 Å². The first-order valence-electron chi connectivity index (χ1n) is 7.55. The van der Waals surface area contributed by atoms with Crippen LogP contribution >= 0.6 is 0 Å². The average molecular weight is 266 g/mol. The molecule has 2 atom stereocenters. The number of carbonyl (C=O) groups is 2. The minimum atomic E-state index is -0.326. The number of hydrogen-bond donors (Lipinski definition) is 1. The third kappa shape index (κ3) is 2.93. The van der Waals surface area contributed by atoms with Gasteiger partial charge in [0.05, 0.1) is 0 Å². The van der Waals surface area contributed by atoms with Gasteiger partial charge in [-0.25, -0.2) is 0 Å². The quantitative estimate of drug-likeness (QED) is 0.832. The van der Waals surface area contributed by atoms with E-state index < -0.39 is 0 Å². The molecule has 0 spiro atoms. The van der Waals surface area contributed by atoms with E-state index in [0.29, 0.717) is 19.4 Å². The van der Waals surface area contributed by atoms with Crippen LogP contribution in [0.4, 0.5) is 0 Å². The molecular formula is C15H26N2O2. The van der Waals surface area contributed by atoms with Crippen molar-refractivity contribution in [3.63, 3.8) is 0 Å². The maximum absolute atomic E-state index is 12.6. The zero-order valence-corrected chi connectivity index (χ0v) is 12.4. The summed E-state index contributed by atoms with van der Waals surface area (Å²) in [6, 6.07) is -0.0387. The second kappa shape index (κ2) is 5.51. The average Bonchev–Trinajstić information content (AvgIpc) is 2.49. The Morgan fingerprint density at radius 3 is 2.68 bits per heavy atom. The molecule has 2 unspecified atom stereocenters. The Balaban J connectivity index is 2.21. The highest BCUT2D eigenvalue weighted by Gasteiger charge is 2.41. The van der Waals surface area contributed by atoms with E-state index in [9.17, 15) is 9.59 Å². The SMILES string of the molecule is CCC1NC(=O)CCN(C2CCCCC2(C)C)C1=O. The molecule has 2 fully saturated rings. The fourth-order valence-electron chi connectivity index (χ4n) is 3.50. The first kappa shape index (κ1) is 14.4. The molecule has 1 heterocycles. The lowest BCUT2D eigenvalue weighted by Crippen LogP contribution is -2.53. The fourth-order valence-corrected chi connectivity index (χ4v) is 3.50. The topological polar surface area (TPSA) is 49.4 Å². The number of hydrogen-bond acceptors (Lipinski definition) is 2. The predicted molar refractivity (Wildman–Crippen MR) is 74.6 cm³/mol. The Bertz CT molecular complexity index is 365. The van der Waals surface area contributed by atoms with Gasteiger partial charge in [-0.1, -0.05) is 33.6 Å². The highest BCUT2D eigenvalue weighted by atomic mass is 16.2. The van der Waals surface area contributed by atoms with Gasteiger partial charge in [0.25, 0.3) is 0 Å². The summed E-state index contributed by atoms with van der Waals surface area (Å²) >= 11 is 0. The molecule has 4 nitrogen and oxygen atoms in total. The van der Waals surface area contributed by atoms with Crippen molar-refractivity contribution in [2.24, 2.45) is 5.41 Å². The molecule has 108 valence electrons. The van der Waals surface area contributed by atoms with Crippen LogP contribution in [-0.2, 0) is 9.59 Å². The first-order chi connectivity index (χ1) is 8.95. The third-order valence-electron chi connectivity index (χ3n) is 4.73. The van der Waals surface area contributed by atoms with E-state index in [0.717, 1.165) is 6.42 Å². The molecule has 1 saturated heterocycles. The standard InChI is InChI=1S/C15H26N2O2/c1-4-11-14(19)17(10-8-13(18)16-11)12-7-5-6-9-15(12,2)3/h11-12H,4-10H2,1-3H3,(H,16,18). The van der Waals surface area contributed by atoms with E-state index >= 15 is 0 Å². The van der Waals surface area contributed by atoms with Gasteiger partial charge in [0.1, 0.15) is 6.04 Å². The Morgan fingerprint density at radius 1 is 1.32 bits per heavy atom. The van der Waals surface area contributed by atoms with Gasteiger partial charge in [-0.3, -0.25) is 9.59 Å². The molecule has 0 aromatic rings. The molecule has 0 aromatic heterocycles. The van der Waals surface area contributed by atoms with Gasteiger partial charge in [-0.2, -0.15) is 0 Å². The number of amides is 2. The van der Waals surface area contributed by atoms with Crippen LogP contribution in [0.1, 0.15) is 59.3 Å². The molecule has 2 aliphatic rings. The largest absolute Gasteiger partial charge is 0.344 e. The Hall–Kier alpha value is -1.06. The third-order valence-corrected chi connectivity index (χ3v) is 4.73. The zero-order valence-electron chi connectivity index (χ0n) is 12.4. The second-order valence-corrected chi connectivity index (χ2v) is 6.56. The summed E-state index contributed by atoms with van der Waals surface area (Å²) in [6.45, 7) is 7.05. The summed E-state index contributed by atoms with van der Waals surface area (Å²) in [5, 5.41) is 2.84. The van der Waals surface area contributed by atoms with Gasteiger partial charge in [0.2, 0.25) is 11.8 Å². The van der Waals surface area contributed by atoms with Crippen LogP contribution < -0.4 is 5.32 Å². The summed E-state index contributed by atoms with van der Waals surface area (Å²) in [6.07, 6.45) is 5.79. The highest BCUT2D eigenvalue weighted by Crippen LogP contribution is 2.39. The van der Waals surface area contributed by atoms with Crippen LogP contribution in [0.15, 0.2) is 0 Å². The molecule has 19 heavy (non-hydrogen) atoms. The Morgan fingerprint density at radius 2 is 2.05 bits per heavy atom. The molecular weight excluding hydrogens is 240 g/mol. The van der Waals surface area contributed by atoms with E-state index in [4.69, 9.17) is 0 Å². The van der Waals surface area contributed by atoms with Gasteiger partial charge in [0, 0.05) is 19.0 Å². The minimum absolute atomic E-state index is 0.0105. The van der Waals surface area contributed by atoms with E-state index in [1.54, 1.807) is 0 Å². The van der Waals surface area contributed by atoms with Gasteiger partial charge >= 0.3 is 0 Å². The summed E-state index contributed by atoms with van der Waals surface area (Å²) in [4.78, 5) is 26.3. The monoisotopic (exact) mass is 266 g/mol. The van der Waals surface area contributed by atoms with Crippen molar-refractivity contribution in [1.82, 2.24) is 10.2 Å². The lowest BCUT2D eigenvalue weighted by Gasteiger charge is -2.45. The molecule has 1 N–H and O–H groups in total. The molecule has 0 aromatic carbocycles. The molecule has 2 rings (SSSR count). The van der Waals surface area contributed by atoms with Crippen molar-refractivity contribution < 1.29 is 9.59 Å². The molecule has 1 aliphatic carbocycles. The molecule has 1 aliphatic heterocycles.